The first-order chi connectivity index (χ1) is 15.6. The van der Waals surface area contributed by atoms with E-state index in [4.69, 9.17) is 4.74 Å². The fraction of sp³-hybridized carbons (Fsp3) is 0.444. The van der Waals surface area contributed by atoms with Crippen LogP contribution in [0.5, 0.6) is 5.75 Å². The lowest BCUT2D eigenvalue weighted by atomic mass is 9.48. The molecule has 164 valence electrons. The molecule has 0 N–H and O–H groups in total. The Hall–Kier alpha value is -2.95. The van der Waals surface area contributed by atoms with Crippen molar-refractivity contribution in [2.45, 2.75) is 45.1 Å². The van der Waals surface area contributed by atoms with Gasteiger partial charge in [0.25, 0.3) is 0 Å². The van der Waals surface area contributed by atoms with E-state index in [1.165, 1.54) is 19.3 Å². The van der Waals surface area contributed by atoms with Crippen molar-refractivity contribution in [3.05, 3.63) is 59.7 Å². The van der Waals surface area contributed by atoms with Crippen LogP contribution >= 0.6 is 0 Å². The summed E-state index contributed by atoms with van der Waals surface area (Å²) in [6.45, 7) is 0.564. The summed E-state index contributed by atoms with van der Waals surface area (Å²) < 4.78 is 7.49. The van der Waals surface area contributed by atoms with Gasteiger partial charge >= 0.3 is 0 Å². The molecular weight excluding hydrogens is 398 g/mol. The second-order valence-corrected chi connectivity index (χ2v) is 10.2. The van der Waals surface area contributed by atoms with Crippen molar-refractivity contribution in [3.8, 4) is 5.75 Å². The molecule has 0 amide bonds. The van der Waals surface area contributed by atoms with Crippen molar-refractivity contribution in [2.75, 3.05) is 7.11 Å². The van der Waals surface area contributed by atoms with Crippen LogP contribution in [0.25, 0.3) is 17.1 Å². The summed E-state index contributed by atoms with van der Waals surface area (Å²) in [7, 11) is 1.68. The minimum Gasteiger partial charge on any atom is -0.496 e. The number of ketones is 1. The van der Waals surface area contributed by atoms with Gasteiger partial charge in [-0.1, -0.05) is 29.5 Å². The predicted molar refractivity (Wildman–Crippen MR) is 124 cm³/mol. The minimum atomic E-state index is -0.0831. The lowest BCUT2D eigenvalue weighted by Crippen LogP contribution is -2.49. The van der Waals surface area contributed by atoms with E-state index < -0.39 is 0 Å². The maximum absolute atomic E-state index is 13.3. The molecule has 4 bridgehead atoms. The van der Waals surface area contributed by atoms with Crippen molar-refractivity contribution in [2.24, 2.45) is 23.2 Å². The van der Waals surface area contributed by atoms with Crippen LogP contribution in [-0.4, -0.2) is 27.9 Å². The summed E-state index contributed by atoms with van der Waals surface area (Å²) in [5.74, 6) is 3.50. The van der Waals surface area contributed by atoms with Crippen LogP contribution in [0.1, 0.15) is 49.7 Å². The smallest absolute Gasteiger partial charge is 0.161 e. The maximum Gasteiger partial charge on any atom is 0.161 e. The monoisotopic (exact) mass is 427 g/mol. The number of fused-ring (bicyclic) bond motifs is 1. The number of methoxy groups -OCH3 is 1. The first-order valence-electron chi connectivity index (χ1n) is 11.8. The lowest BCUT2D eigenvalue weighted by Gasteiger charge is -2.55. The summed E-state index contributed by atoms with van der Waals surface area (Å²) in [6.07, 6.45) is 11.2. The van der Waals surface area contributed by atoms with Crippen LogP contribution in [-0.2, 0) is 11.3 Å². The summed E-state index contributed by atoms with van der Waals surface area (Å²) in [5.41, 5.74) is 3.83. The van der Waals surface area contributed by atoms with Crippen molar-refractivity contribution in [1.82, 2.24) is 15.0 Å². The van der Waals surface area contributed by atoms with Crippen LogP contribution in [0.15, 0.2) is 48.5 Å². The first-order valence-corrected chi connectivity index (χ1v) is 11.8. The summed E-state index contributed by atoms with van der Waals surface area (Å²) in [6, 6.07) is 14.0. The van der Waals surface area contributed by atoms with Crippen molar-refractivity contribution >= 4 is 22.9 Å². The maximum atomic E-state index is 13.3. The molecule has 3 aromatic rings. The third-order valence-electron chi connectivity index (χ3n) is 8.03. The van der Waals surface area contributed by atoms with E-state index in [-0.39, 0.29) is 5.41 Å². The SMILES string of the molecule is COc1ccc(/C=C/C(=O)C23CC4CC(CC(C4)C2)C3)cc1Cn1nnc2ccccc21. The zero-order valence-electron chi connectivity index (χ0n) is 18.5. The number of nitrogens with zero attached hydrogens (tertiary/aromatic N) is 3. The molecule has 7 rings (SSSR count). The second-order valence-electron chi connectivity index (χ2n) is 10.2. The zero-order chi connectivity index (χ0) is 21.7. The lowest BCUT2D eigenvalue weighted by molar-refractivity contribution is -0.138. The highest BCUT2D eigenvalue weighted by Gasteiger charge is 2.53. The molecule has 0 aliphatic heterocycles. The largest absolute Gasteiger partial charge is 0.496 e. The highest BCUT2D eigenvalue weighted by atomic mass is 16.5. The summed E-state index contributed by atoms with van der Waals surface area (Å²) in [5, 5.41) is 8.57. The van der Waals surface area contributed by atoms with Gasteiger partial charge in [-0.05, 0) is 92.2 Å². The number of carbonyl (C=O) groups excluding carboxylic acids is 1. The molecule has 0 spiro atoms. The van der Waals surface area contributed by atoms with Crippen molar-refractivity contribution in [3.63, 3.8) is 0 Å². The molecule has 0 saturated heterocycles. The highest BCUT2D eigenvalue weighted by Crippen LogP contribution is 2.60. The van der Waals surface area contributed by atoms with Gasteiger partial charge in [-0.25, -0.2) is 4.68 Å². The number of para-hydroxylation sites is 1. The third-order valence-corrected chi connectivity index (χ3v) is 8.03. The van der Waals surface area contributed by atoms with Gasteiger partial charge in [0.05, 0.1) is 19.2 Å². The number of carbonyl (C=O) groups is 1. The number of hydrogen-bond donors (Lipinski definition) is 0. The molecule has 5 nitrogen and oxygen atoms in total. The Morgan fingerprint density at radius 2 is 1.81 bits per heavy atom. The molecular formula is C27H29N3O2. The van der Waals surface area contributed by atoms with Crippen LogP contribution in [0.3, 0.4) is 0 Å². The van der Waals surface area contributed by atoms with Gasteiger partial charge in [0, 0.05) is 11.0 Å². The Kier molecular flexibility index (Phi) is 4.67. The molecule has 4 fully saturated rings. The van der Waals surface area contributed by atoms with Crippen LogP contribution in [0.2, 0.25) is 0 Å². The fourth-order valence-corrected chi connectivity index (χ4v) is 6.98. The van der Waals surface area contributed by atoms with Gasteiger partial charge in [0.2, 0.25) is 0 Å². The van der Waals surface area contributed by atoms with E-state index in [0.717, 1.165) is 64.9 Å². The van der Waals surface area contributed by atoms with Gasteiger partial charge in [-0.2, -0.15) is 0 Å². The molecule has 4 aliphatic rings. The average Bonchev–Trinajstić information content (AvgIpc) is 3.19. The van der Waals surface area contributed by atoms with Gasteiger partial charge in [0.1, 0.15) is 11.3 Å². The molecule has 0 atom stereocenters. The standard InChI is InChI=1S/C27H29N3O2/c1-32-25-8-6-18(13-22(25)17-30-24-5-3-2-4-23(24)28-29-30)7-9-26(31)27-14-19-10-20(15-27)12-21(11-19)16-27/h2-9,13,19-21H,10-12,14-17H2,1H3/b9-7+. The van der Waals surface area contributed by atoms with Crippen molar-refractivity contribution in [1.29, 1.82) is 0 Å². The Morgan fingerprint density at radius 1 is 1.09 bits per heavy atom. The van der Waals surface area contributed by atoms with E-state index >= 15 is 0 Å². The van der Waals surface area contributed by atoms with Crippen LogP contribution < -0.4 is 4.74 Å². The predicted octanol–water partition coefficient (Wildman–Crippen LogP) is 5.29. The molecule has 1 heterocycles. The second kappa shape index (κ2) is 7.58. The molecule has 0 unspecified atom stereocenters. The Morgan fingerprint density at radius 3 is 2.53 bits per heavy atom. The number of rotatable bonds is 6. The molecule has 32 heavy (non-hydrogen) atoms. The minimum absolute atomic E-state index is 0.0831. The molecule has 0 radical (unpaired) electrons. The van der Waals surface area contributed by atoms with Gasteiger partial charge in [-0.3, -0.25) is 4.79 Å². The van der Waals surface area contributed by atoms with E-state index in [2.05, 4.69) is 16.4 Å². The molecule has 1 aromatic heterocycles. The first kappa shape index (κ1) is 19.7. The van der Waals surface area contributed by atoms with E-state index in [0.29, 0.717) is 12.3 Å². The van der Waals surface area contributed by atoms with Crippen LogP contribution in [0.4, 0.5) is 0 Å². The number of hydrogen-bond acceptors (Lipinski definition) is 4. The van der Waals surface area contributed by atoms with E-state index in [1.54, 1.807) is 7.11 Å². The van der Waals surface area contributed by atoms with E-state index in [1.807, 2.05) is 53.2 Å². The van der Waals surface area contributed by atoms with Crippen LogP contribution in [0, 0.1) is 23.2 Å². The molecule has 5 heteroatoms. The van der Waals surface area contributed by atoms with Gasteiger partial charge in [0.15, 0.2) is 5.78 Å². The van der Waals surface area contributed by atoms with Gasteiger partial charge < -0.3 is 4.74 Å². The Balaban J connectivity index is 1.25. The average molecular weight is 428 g/mol. The fourth-order valence-electron chi connectivity index (χ4n) is 6.98. The van der Waals surface area contributed by atoms with Crippen molar-refractivity contribution < 1.29 is 9.53 Å². The summed E-state index contributed by atoms with van der Waals surface area (Å²) >= 11 is 0. The number of allylic oxidation sites excluding steroid dienone is 1. The molecule has 2 aromatic carbocycles. The topological polar surface area (TPSA) is 57.0 Å². The zero-order valence-corrected chi connectivity index (χ0v) is 18.5. The Bertz CT molecular complexity index is 1170. The highest BCUT2D eigenvalue weighted by molar-refractivity contribution is 5.98. The van der Waals surface area contributed by atoms with Gasteiger partial charge in [-0.15, -0.1) is 5.10 Å². The Labute approximate surface area is 188 Å². The number of aromatic nitrogens is 3. The molecule has 4 saturated carbocycles. The number of ether oxygens (including phenoxy) is 1. The normalized spacial score (nSPS) is 28.6. The third kappa shape index (κ3) is 3.35. The number of benzene rings is 2. The molecule has 4 aliphatic carbocycles. The quantitative estimate of drug-likeness (QED) is 0.502. The summed E-state index contributed by atoms with van der Waals surface area (Å²) in [4.78, 5) is 13.3. The van der Waals surface area contributed by atoms with E-state index in [9.17, 15) is 4.79 Å².